The van der Waals surface area contributed by atoms with Gasteiger partial charge in [0.05, 0.1) is 11.1 Å². The van der Waals surface area contributed by atoms with Crippen LogP contribution in [0.1, 0.15) is 10.4 Å². The maximum atomic E-state index is 12.4. The number of fused-ring (bicyclic) bond motifs is 2. The zero-order chi connectivity index (χ0) is 17.4. The van der Waals surface area contributed by atoms with E-state index < -0.39 is 5.91 Å². The van der Waals surface area contributed by atoms with Gasteiger partial charge in [-0.25, -0.2) is 4.98 Å². The quantitative estimate of drug-likeness (QED) is 0.376. The van der Waals surface area contributed by atoms with Crippen LogP contribution in [0.2, 0.25) is 0 Å². The fourth-order valence-electron chi connectivity index (χ4n) is 2.94. The van der Waals surface area contributed by atoms with Crippen LogP contribution in [0.4, 0.5) is 0 Å². The van der Waals surface area contributed by atoms with Crippen LogP contribution in [-0.4, -0.2) is 21.4 Å². The first-order valence-electron chi connectivity index (χ1n) is 7.74. The van der Waals surface area contributed by atoms with Gasteiger partial charge in [0, 0.05) is 23.2 Å². The van der Waals surface area contributed by atoms with Crippen molar-refractivity contribution in [3.63, 3.8) is 0 Å². The summed E-state index contributed by atoms with van der Waals surface area (Å²) < 4.78 is 1.87. The molecule has 0 saturated carbocycles. The fraction of sp³-hybridized carbons (Fsp3) is 0. The summed E-state index contributed by atoms with van der Waals surface area (Å²) in [5, 5.41) is 12.5. The number of carbonyl (C=O) groups is 1. The minimum Gasteiger partial charge on any atom is -0.370 e. The predicted molar refractivity (Wildman–Crippen MR) is 105 cm³/mol. The number of guanidine groups is 1. The van der Waals surface area contributed by atoms with Crippen LogP contribution in [0.3, 0.4) is 0 Å². The number of rotatable bonds is 2. The van der Waals surface area contributed by atoms with E-state index in [2.05, 4.69) is 10.3 Å². The van der Waals surface area contributed by atoms with Crippen LogP contribution in [0, 0.1) is 5.41 Å². The van der Waals surface area contributed by atoms with Crippen molar-refractivity contribution in [2.45, 2.75) is 0 Å². The summed E-state index contributed by atoms with van der Waals surface area (Å²) in [7, 11) is 0. The van der Waals surface area contributed by atoms with Gasteiger partial charge in [-0.05, 0) is 17.5 Å². The average molecular weight is 366 g/mol. The van der Waals surface area contributed by atoms with Gasteiger partial charge < -0.3 is 10.3 Å². The molecule has 0 atom stereocenters. The van der Waals surface area contributed by atoms with E-state index in [0.29, 0.717) is 5.56 Å². The molecular formula is C19H16ClN5O. The van der Waals surface area contributed by atoms with Crippen molar-refractivity contribution < 1.29 is 4.79 Å². The fourth-order valence-corrected chi connectivity index (χ4v) is 2.94. The van der Waals surface area contributed by atoms with Crippen LogP contribution in [0.25, 0.3) is 27.5 Å². The minimum absolute atomic E-state index is 0. The van der Waals surface area contributed by atoms with Crippen molar-refractivity contribution in [2.75, 3.05) is 0 Å². The molecule has 4 aromatic rings. The first kappa shape index (κ1) is 17.4. The molecule has 0 saturated heterocycles. The third-order valence-corrected chi connectivity index (χ3v) is 4.07. The Morgan fingerprint density at radius 1 is 1.08 bits per heavy atom. The predicted octanol–water partition coefficient (Wildman–Crippen LogP) is 3.22. The van der Waals surface area contributed by atoms with Gasteiger partial charge in [0.2, 0.25) is 0 Å². The number of amides is 1. The van der Waals surface area contributed by atoms with Gasteiger partial charge in [-0.2, -0.15) is 0 Å². The zero-order valence-electron chi connectivity index (χ0n) is 13.6. The standard InChI is InChI=1S/C19H15N5O.ClH/c20-19(21)23-18(25)15-11-24(16-8-4-3-7-14(15)16)17-9-12-5-1-2-6-13(12)10-22-17;/h1-11H,(H4,20,21,23,25);1H. The van der Waals surface area contributed by atoms with Crippen molar-refractivity contribution >= 4 is 45.9 Å². The van der Waals surface area contributed by atoms with E-state index in [1.54, 1.807) is 6.20 Å². The molecule has 130 valence electrons. The van der Waals surface area contributed by atoms with Gasteiger partial charge >= 0.3 is 0 Å². The van der Waals surface area contributed by atoms with Crippen molar-refractivity contribution in [3.05, 3.63) is 72.6 Å². The Bertz CT molecular complexity index is 1140. The van der Waals surface area contributed by atoms with E-state index >= 15 is 0 Å². The lowest BCUT2D eigenvalue weighted by Gasteiger charge is -2.05. The molecule has 4 rings (SSSR count). The maximum absolute atomic E-state index is 12.4. The van der Waals surface area contributed by atoms with E-state index in [1.807, 2.05) is 65.4 Å². The number of aromatic nitrogens is 2. The summed E-state index contributed by atoms with van der Waals surface area (Å²) in [6, 6.07) is 17.5. The van der Waals surface area contributed by atoms with Crippen molar-refractivity contribution in [1.82, 2.24) is 14.9 Å². The Hall–Kier alpha value is -3.38. The van der Waals surface area contributed by atoms with Crippen LogP contribution in [0.15, 0.2) is 67.0 Å². The Labute approximate surface area is 155 Å². The molecule has 0 aliphatic heterocycles. The number of hydrogen-bond donors (Lipinski definition) is 3. The molecule has 2 heterocycles. The summed E-state index contributed by atoms with van der Waals surface area (Å²) in [4.78, 5) is 16.9. The SMILES string of the molecule is Cl.N=C(N)NC(=O)c1cn(-c2cc3ccccc3cn2)c2ccccc12. The highest BCUT2D eigenvalue weighted by atomic mass is 35.5. The molecule has 0 radical (unpaired) electrons. The monoisotopic (exact) mass is 365 g/mol. The molecule has 1 amide bonds. The molecule has 2 aromatic heterocycles. The molecule has 0 aliphatic rings. The molecule has 4 N–H and O–H groups in total. The van der Waals surface area contributed by atoms with E-state index in [0.717, 1.165) is 27.5 Å². The smallest absolute Gasteiger partial charge is 0.260 e. The van der Waals surface area contributed by atoms with Gasteiger partial charge in [-0.1, -0.05) is 42.5 Å². The lowest BCUT2D eigenvalue weighted by atomic mass is 10.1. The van der Waals surface area contributed by atoms with Gasteiger partial charge in [0.15, 0.2) is 5.96 Å². The molecule has 0 aliphatic carbocycles. The number of nitrogens with zero attached hydrogens (tertiary/aromatic N) is 2. The van der Waals surface area contributed by atoms with E-state index in [1.165, 1.54) is 0 Å². The van der Waals surface area contributed by atoms with Gasteiger partial charge in [-0.15, -0.1) is 12.4 Å². The Morgan fingerprint density at radius 2 is 1.77 bits per heavy atom. The van der Waals surface area contributed by atoms with E-state index in [4.69, 9.17) is 11.1 Å². The normalized spacial score (nSPS) is 10.5. The second-order valence-electron chi connectivity index (χ2n) is 5.69. The number of nitrogens with one attached hydrogen (secondary N) is 2. The molecule has 7 heteroatoms. The number of hydrogen-bond acceptors (Lipinski definition) is 3. The summed E-state index contributed by atoms with van der Waals surface area (Å²) in [6.45, 7) is 0. The number of carbonyl (C=O) groups excluding carboxylic acids is 1. The summed E-state index contributed by atoms with van der Waals surface area (Å²) >= 11 is 0. The van der Waals surface area contributed by atoms with Crippen LogP contribution >= 0.6 is 12.4 Å². The van der Waals surface area contributed by atoms with Gasteiger partial charge in [0.25, 0.3) is 5.91 Å². The molecule has 0 spiro atoms. The topological polar surface area (TPSA) is 96.8 Å². The summed E-state index contributed by atoms with van der Waals surface area (Å²) in [5.41, 5.74) is 6.59. The second kappa shape index (κ2) is 6.85. The first-order valence-corrected chi connectivity index (χ1v) is 7.74. The lowest BCUT2D eigenvalue weighted by Crippen LogP contribution is -2.35. The highest BCUT2D eigenvalue weighted by molar-refractivity contribution is 6.12. The number of para-hydroxylation sites is 1. The third-order valence-electron chi connectivity index (χ3n) is 4.07. The van der Waals surface area contributed by atoms with Gasteiger partial charge in [0.1, 0.15) is 5.82 Å². The number of halogens is 1. The average Bonchev–Trinajstić information content (AvgIpc) is 3.00. The van der Waals surface area contributed by atoms with E-state index in [-0.39, 0.29) is 18.4 Å². The first-order chi connectivity index (χ1) is 12.1. The van der Waals surface area contributed by atoms with Crippen LogP contribution in [-0.2, 0) is 0 Å². The van der Waals surface area contributed by atoms with Crippen molar-refractivity contribution in [2.24, 2.45) is 5.73 Å². The second-order valence-corrected chi connectivity index (χ2v) is 5.69. The molecule has 0 fully saturated rings. The highest BCUT2D eigenvalue weighted by Gasteiger charge is 2.16. The third kappa shape index (κ3) is 2.98. The number of benzene rings is 2. The molecule has 6 nitrogen and oxygen atoms in total. The maximum Gasteiger partial charge on any atom is 0.260 e. The molecular weight excluding hydrogens is 350 g/mol. The van der Waals surface area contributed by atoms with Crippen LogP contribution in [0.5, 0.6) is 0 Å². The molecule has 0 unspecified atom stereocenters. The Balaban J connectivity index is 0.00000196. The van der Waals surface area contributed by atoms with Gasteiger partial charge in [-0.3, -0.25) is 15.5 Å². The van der Waals surface area contributed by atoms with Crippen molar-refractivity contribution in [1.29, 1.82) is 5.41 Å². The Kier molecular flexibility index (Phi) is 4.60. The number of nitrogens with two attached hydrogens (primary N) is 1. The molecule has 26 heavy (non-hydrogen) atoms. The van der Waals surface area contributed by atoms with Crippen molar-refractivity contribution in [3.8, 4) is 5.82 Å². The largest absolute Gasteiger partial charge is 0.370 e. The highest BCUT2D eigenvalue weighted by Crippen LogP contribution is 2.25. The lowest BCUT2D eigenvalue weighted by molar-refractivity contribution is 0.0978. The number of pyridine rings is 1. The Morgan fingerprint density at radius 3 is 2.54 bits per heavy atom. The van der Waals surface area contributed by atoms with E-state index in [9.17, 15) is 4.79 Å². The summed E-state index contributed by atoms with van der Waals surface area (Å²) in [5.74, 6) is -0.0781. The van der Waals surface area contributed by atoms with Crippen LogP contribution < -0.4 is 11.1 Å². The minimum atomic E-state index is -0.414. The summed E-state index contributed by atoms with van der Waals surface area (Å²) in [6.07, 6.45) is 3.54. The molecule has 0 bridgehead atoms. The zero-order valence-corrected chi connectivity index (χ0v) is 14.5. The molecule has 2 aromatic carbocycles.